The molecule has 0 aromatic heterocycles. The van der Waals surface area contributed by atoms with E-state index in [0.29, 0.717) is 11.1 Å². The number of carbonyl (C=O) groups is 2. The Morgan fingerprint density at radius 1 is 0.893 bits per heavy atom. The number of benzene rings is 2. The van der Waals surface area contributed by atoms with Gasteiger partial charge in [0, 0.05) is 5.41 Å². The third-order valence-corrected chi connectivity index (χ3v) is 6.26. The van der Waals surface area contributed by atoms with Crippen LogP contribution in [0.25, 0.3) is 0 Å². The van der Waals surface area contributed by atoms with Crippen molar-refractivity contribution < 1.29 is 19.8 Å². The molecule has 1 aliphatic rings. The summed E-state index contributed by atoms with van der Waals surface area (Å²) in [5.74, 6) is -1.84. The molecule has 0 radical (unpaired) electrons. The summed E-state index contributed by atoms with van der Waals surface area (Å²) in [6.07, 6.45) is 4.69. The van der Waals surface area contributed by atoms with Gasteiger partial charge >= 0.3 is 11.9 Å². The Bertz CT molecular complexity index is 917. The van der Waals surface area contributed by atoms with Crippen molar-refractivity contribution in [3.05, 3.63) is 70.3 Å². The van der Waals surface area contributed by atoms with E-state index < -0.39 is 11.9 Å². The Balaban J connectivity index is 2.27. The molecule has 2 unspecified atom stereocenters. The van der Waals surface area contributed by atoms with E-state index in [1.54, 1.807) is 18.2 Å². The molecule has 0 heterocycles. The van der Waals surface area contributed by atoms with Crippen molar-refractivity contribution >= 4 is 11.9 Å². The summed E-state index contributed by atoms with van der Waals surface area (Å²) in [4.78, 5) is 23.1. The molecular formula is C24H28O4. The van der Waals surface area contributed by atoms with Crippen LogP contribution in [0, 0.1) is 0 Å². The highest BCUT2D eigenvalue weighted by Crippen LogP contribution is 2.57. The van der Waals surface area contributed by atoms with E-state index in [4.69, 9.17) is 0 Å². The molecule has 2 aromatic rings. The lowest BCUT2D eigenvalue weighted by atomic mass is 9.69. The number of hydrogen-bond donors (Lipinski definition) is 2. The van der Waals surface area contributed by atoms with E-state index in [-0.39, 0.29) is 10.8 Å². The van der Waals surface area contributed by atoms with E-state index >= 15 is 0 Å². The SMILES string of the molecule is CCCC1(C)CC(CCC)(c2cccc(C(=O)O)c2)c2ccc(C(=O)O)cc21. The average Bonchev–Trinajstić information content (AvgIpc) is 2.91. The molecule has 148 valence electrons. The minimum absolute atomic E-state index is 0.135. The molecule has 0 amide bonds. The summed E-state index contributed by atoms with van der Waals surface area (Å²) in [6, 6.07) is 12.7. The van der Waals surface area contributed by atoms with Gasteiger partial charge in [-0.1, -0.05) is 51.8 Å². The van der Waals surface area contributed by atoms with Gasteiger partial charge in [-0.2, -0.15) is 0 Å². The van der Waals surface area contributed by atoms with Crippen LogP contribution in [0.1, 0.15) is 90.3 Å². The summed E-state index contributed by atoms with van der Waals surface area (Å²) < 4.78 is 0. The minimum atomic E-state index is -0.927. The van der Waals surface area contributed by atoms with E-state index in [2.05, 4.69) is 20.8 Å². The van der Waals surface area contributed by atoms with Crippen LogP contribution in [0.15, 0.2) is 42.5 Å². The van der Waals surface area contributed by atoms with Gasteiger partial charge in [-0.25, -0.2) is 9.59 Å². The number of aromatic carboxylic acids is 2. The molecule has 0 aliphatic heterocycles. The molecule has 0 fully saturated rings. The summed E-state index contributed by atoms with van der Waals surface area (Å²) in [7, 11) is 0. The van der Waals surface area contributed by atoms with Crippen LogP contribution < -0.4 is 0 Å². The van der Waals surface area contributed by atoms with Crippen LogP contribution >= 0.6 is 0 Å². The van der Waals surface area contributed by atoms with Crippen molar-refractivity contribution in [1.29, 1.82) is 0 Å². The quantitative estimate of drug-likeness (QED) is 0.653. The van der Waals surface area contributed by atoms with E-state index in [9.17, 15) is 19.8 Å². The second kappa shape index (κ2) is 7.42. The lowest BCUT2D eigenvalue weighted by Crippen LogP contribution is -2.28. The van der Waals surface area contributed by atoms with E-state index in [0.717, 1.165) is 48.8 Å². The Morgan fingerprint density at radius 2 is 1.54 bits per heavy atom. The van der Waals surface area contributed by atoms with Crippen LogP contribution in [0.5, 0.6) is 0 Å². The van der Waals surface area contributed by atoms with Crippen LogP contribution in [0.4, 0.5) is 0 Å². The predicted molar refractivity (Wildman–Crippen MR) is 109 cm³/mol. The molecule has 2 aromatic carbocycles. The van der Waals surface area contributed by atoms with Gasteiger partial charge in [0.2, 0.25) is 0 Å². The molecular weight excluding hydrogens is 352 g/mol. The second-order valence-corrected chi connectivity index (χ2v) is 8.27. The molecule has 2 atom stereocenters. The summed E-state index contributed by atoms with van der Waals surface area (Å²) in [5.41, 5.74) is 3.44. The molecule has 1 aliphatic carbocycles. The van der Waals surface area contributed by atoms with Crippen molar-refractivity contribution in [2.24, 2.45) is 0 Å². The first-order chi connectivity index (χ1) is 13.3. The first kappa shape index (κ1) is 20.1. The van der Waals surface area contributed by atoms with E-state index in [1.807, 2.05) is 24.3 Å². The number of hydrogen-bond acceptors (Lipinski definition) is 2. The van der Waals surface area contributed by atoms with Gasteiger partial charge in [-0.15, -0.1) is 0 Å². The molecule has 0 spiro atoms. The minimum Gasteiger partial charge on any atom is -0.478 e. The highest BCUT2D eigenvalue weighted by atomic mass is 16.4. The maximum absolute atomic E-state index is 11.6. The fraction of sp³-hybridized carbons (Fsp3) is 0.417. The Hall–Kier alpha value is -2.62. The largest absolute Gasteiger partial charge is 0.478 e. The zero-order valence-electron chi connectivity index (χ0n) is 16.8. The Morgan fingerprint density at radius 3 is 2.14 bits per heavy atom. The molecule has 0 saturated carbocycles. The highest BCUT2D eigenvalue weighted by molar-refractivity contribution is 5.89. The fourth-order valence-electron chi connectivity index (χ4n) is 5.23. The molecule has 4 heteroatoms. The Labute approximate surface area is 166 Å². The van der Waals surface area contributed by atoms with Crippen LogP contribution in [-0.4, -0.2) is 22.2 Å². The van der Waals surface area contributed by atoms with Crippen LogP contribution in [-0.2, 0) is 10.8 Å². The monoisotopic (exact) mass is 380 g/mol. The van der Waals surface area contributed by atoms with Crippen molar-refractivity contribution in [2.75, 3.05) is 0 Å². The fourth-order valence-corrected chi connectivity index (χ4v) is 5.23. The van der Waals surface area contributed by atoms with Crippen molar-refractivity contribution in [3.8, 4) is 0 Å². The molecule has 28 heavy (non-hydrogen) atoms. The number of rotatable bonds is 7. The lowest BCUT2D eigenvalue weighted by molar-refractivity contribution is 0.0686. The van der Waals surface area contributed by atoms with Gasteiger partial charge in [-0.3, -0.25) is 0 Å². The maximum Gasteiger partial charge on any atom is 0.335 e. The van der Waals surface area contributed by atoms with Crippen LogP contribution in [0.3, 0.4) is 0 Å². The Kier molecular flexibility index (Phi) is 5.33. The standard InChI is InChI=1S/C24H28O4/c1-4-11-23(3)15-24(12-5-2,18-8-6-7-16(13-18)21(25)26)19-10-9-17(22(27)28)14-20(19)23/h6-10,13-14H,4-5,11-12,15H2,1-3H3,(H,25,26)(H,27,28). The molecule has 4 nitrogen and oxygen atoms in total. The van der Waals surface area contributed by atoms with Crippen molar-refractivity contribution in [1.82, 2.24) is 0 Å². The average molecular weight is 380 g/mol. The van der Waals surface area contributed by atoms with Crippen LogP contribution in [0.2, 0.25) is 0 Å². The van der Waals surface area contributed by atoms with E-state index in [1.165, 1.54) is 0 Å². The topological polar surface area (TPSA) is 74.6 Å². The lowest BCUT2D eigenvalue weighted by Gasteiger charge is -2.34. The van der Waals surface area contributed by atoms with Crippen molar-refractivity contribution in [3.63, 3.8) is 0 Å². The zero-order chi connectivity index (χ0) is 20.5. The van der Waals surface area contributed by atoms with Gasteiger partial charge in [0.15, 0.2) is 0 Å². The molecule has 2 N–H and O–H groups in total. The van der Waals surface area contributed by atoms with Gasteiger partial charge in [0.25, 0.3) is 0 Å². The first-order valence-corrected chi connectivity index (χ1v) is 9.99. The van der Waals surface area contributed by atoms with Crippen molar-refractivity contribution in [2.45, 2.75) is 63.7 Å². The number of carboxylic acid groups (broad SMARTS) is 2. The van der Waals surface area contributed by atoms with Gasteiger partial charge < -0.3 is 10.2 Å². The highest BCUT2D eigenvalue weighted by Gasteiger charge is 2.50. The molecule has 3 rings (SSSR count). The zero-order valence-corrected chi connectivity index (χ0v) is 16.8. The summed E-state index contributed by atoms with van der Waals surface area (Å²) in [6.45, 7) is 6.51. The summed E-state index contributed by atoms with van der Waals surface area (Å²) in [5, 5.41) is 19.0. The molecule has 0 saturated heterocycles. The smallest absolute Gasteiger partial charge is 0.335 e. The van der Waals surface area contributed by atoms with Gasteiger partial charge in [0.05, 0.1) is 11.1 Å². The number of fused-ring (bicyclic) bond motifs is 1. The predicted octanol–water partition coefficient (Wildman–Crippen LogP) is 5.63. The third-order valence-electron chi connectivity index (χ3n) is 6.26. The first-order valence-electron chi connectivity index (χ1n) is 9.99. The number of carboxylic acids is 2. The normalized spacial score (nSPS) is 23.4. The van der Waals surface area contributed by atoms with Gasteiger partial charge in [0.1, 0.15) is 0 Å². The third kappa shape index (κ3) is 3.21. The second-order valence-electron chi connectivity index (χ2n) is 8.27. The van der Waals surface area contributed by atoms with Gasteiger partial charge in [-0.05, 0) is 65.6 Å². The molecule has 0 bridgehead atoms. The maximum atomic E-state index is 11.6. The summed E-state index contributed by atoms with van der Waals surface area (Å²) >= 11 is 0.